The van der Waals surface area contributed by atoms with Crippen molar-refractivity contribution in [1.82, 2.24) is 4.90 Å². The van der Waals surface area contributed by atoms with E-state index < -0.39 is 0 Å². The molecule has 0 radical (unpaired) electrons. The normalized spacial score (nSPS) is 19.5. The number of rotatable bonds is 4. The maximum absolute atomic E-state index is 13.8. The number of piperazine rings is 1. The van der Waals surface area contributed by atoms with Gasteiger partial charge in [0.2, 0.25) is 5.91 Å². The number of hydrogen-bond donors (Lipinski definition) is 0. The first kappa shape index (κ1) is 22.3. The van der Waals surface area contributed by atoms with E-state index in [1.165, 1.54) is 5.56 Å². The molecule has 3 aromatic carbocycles. The van der Waals surface area contributed by atoms with Crippen LogP contribution in [0.4, 0.5) is 5.69 Å². The van der Waals surface area contributed by atoms with Gasteiger partial charge >= 0.3 is 0 Å². The first-order valence-electron chi connectivity index (χ1n) is 11.5. The SMILES string of the molecule is Cc1ccc(C2(C(=O)N3CCN(c4ccc(C)cc4Cl)C(c4ccc(Cl)cc4)C3)CC2)cc1. The Bertz CT molecular complexity index is 1170. The largest absolute Gasteiger partial charge is 0.360 e. The molecule has 5 heteroatoms. The van der Waals surface area contributed by atoms with Crippen molar-refractivity contribution in [3.63, 3.8) is 0 Å². The van der Waals surface area contributed by atoms with Crippen LogP contribution in [-0.4, -0.2) is 30.4 Å². The lowest BCUT2D eigenvalue weighted by molar-refractivity contribution is -0.134. The second-order valence-corrected chi connectivity index (χ2v) is 10.3. The van der Waals surface area contributed by atoms with E-state index in [2.05, 4.69) is 65.3 Å². The van der Waals surface area contributed by atoms with E-state index in [0.29, 0.717) is 18.1 Å². The number of hydrogen-bond acceptors (Lipinski definition) is 2. The second kappa shape index (κ2) is 8.70. The fourth-order valence-electron chi connectivity index (χ4n) is 5.00. The molecule has 1 atom stereocenters. The zero-order chi connectivity index (χ0) is 23.2. The highest BCUT2D eigenvalue weighted by molar-refractivity contribution is 6.33. The molecule has 1 heterocycles. The molecule has 1 unspecified atom stereocenters. The highest BCUT2D eigenvalue weighted by Crippen LogP contribution is 2.50. The van der Waals surface area contributed by atoms with Crippen molar-refractivity contribution in [1.29, 1.82) is 0 Å². The zero-order valence-electron chi connectivity index (χ0n) is 19.0. The van der Waals surface area contributed by atoms with Crippen LogP contribution in [0.25, 0.3) is 0 Å². The van der Waals surface area contributed by atoms with Crippen LogP contribution < -0.4 is 4.90 Å². The van der Waals surface area contributed by atoms with E-state index in [1.807, 2.05) is 25.1 Å². The fraction of sp³-hybridized carbons (Fsp3) is 0.321. The van der Waals surface area contributed by atoms with E-state index in [4.69, 9.17) is 23.2 Å². The Kier molecular flexibility index (Phi) is 5.88. The molecule has 1 aliphatic heterocycles. The highest BCUT2D eigenvalue weighted by Gasteiger charge is 2.53. The van der Waals surface area contributed by atoms with E-state index in [9.17, 15) is 4.79 Å². The van der Waals surface area contributed by atoms with Gasteiger partial charge in [-0.1, -0.05) is 71.2 Å². The Labute approximate surface area is 205 Å². The minimum atomic E-state index is -0.359. The Balaban J connectivity index is 1.46. The Morgan fingerprint density at radius 2 is 1.55 bits per heavy atom. The summed E-state index contributed by atoms with van der Waals surface area (Å²) in [6.45, 7) is 6.16. The molecule has 0 aromatic heterocycles. The van der Waals surface area contributed by atoms with Gasteiger partial charge in [-0.25, -0.2) is 0 Å². The molecule has 33 heavy (non-hydrogen) atoms. The molecule has 1 saturated carbocycles. The van der Waals surface area contributed by atoms with E-state index >= 15 is 0 Å². The molecule has 3 aromatic rings. The molecule has 5 rings (SSSR count). The lowest BCUT2D eigenvalue weighted by Crippen LogP contribution is -2.53. The number of nitrogens with zero attached hydrogens (tertiary/aromatic N) is 2. The zero-order valence-corrected chi connectivity index (χ0v) is 20.5. The molecule has 170 valence electrons. The summed E-state index contributed by atoms with van der Waals surface area (Å²) in [5.41, 5.74) is 5.28. The van der Waals surface area contributed by atoms with Gasteiger partial charge in [0.25, 0.3) is 0 Å². The molecule has 1 saturated heterocycles. The summed E-state index contributed by atoms with van der Waals surface area (Å²) in [5, 5.41) is 1.45. The third kappa shape index (κ3) is 4.25. The van der Waals surface area contributed by atoms with Crippen molar-refractivity contribution >= 4 is 34.8 Å². The van der Waals surface area contributed by atoms with Crippen molar-refractivity contribution < 1.29 is 4.79 Å². The average Bonchev–Trinajstić information content (AvgIpc) is 3.61. The first-order valence-corrected chi connectivity index (χ1v) is 12.3. The lowest BCUT2D eigenvalue weighted by atomic mass is 9.92. The van der Waals surface area contributed by atoms with Crippen molar-refractivity contribution in [3.05, 3.63) is 99.0 Å². The van der Waals surface area contributed by atoms with Crippen LogP contribution in [-0.2, 0) is 10.2 Å². The van der Waals surface area contributed by atoms with Crippen molar-refractivity contribution in [2.75, 3.05) is 24.5 Å². The molecule has 3 nitrogen and oxygen atoms in total. The Hall–Kier alpha value is -2.49. The summed E-state index contributed by atoms with van der Waals surface area (Å²) in [6, 6.07) is 22.6. The summed E-state index contributed by atoms with van der Waals surface area (Å²) in [4.78, 5) is 18.2. The van der Waals surface area contributed by atoms with Gasteiger partial charge in [0.1, 0.15) is 0 Å². The van der Waals surface area contributed by atoms with Crippen molar-refractivity contribution in [2.24, 2.45) is 0 Å². The summed E-state index contributed by atoms with van der Waals surface area (Å²) >= 11 is 12.8. The maximum Gasteiger partial charge on any atom is 0.233 e. The average molecular weight is 479 g/mol. The first-order chi connectivity index (χ1) is 15.9. The quantitative estimate of drug-likeness (QED) is 0.414. The predicted octanol–water partition coefficient (Wildman–Crippen LogP) is 6.73. The number of aryl methyl sites for hydroxylation is 2. The Morgan fingerprint density at radius 3 is 2.18 bits per heavy atom. The molecular weight excluding hydrogens is 451 g/mol. The van der Waals surface area contributed by atoms with E-state index in [1.54, 1.807) is 0 Å². The molecule has 1 amide bonds. The van der Waals surface area contributed by atoms with Crippen LogP contribution in [0.1, 0.15) is 41.1 Å². The smallest absolute Gasteiger partial charge is 0.233 e. The summed E-state index contributed by atoms with van der Waals surface area (Å²) in [6.07, 6.45) is 1.84. The second-order valence-electron chi connectivity index (χ2n) is 9.41. The number of carbonyl (C=O) groups is 1. The summed E-state index contributed by atoms with van der Waals surface area (Å²) in [5.74, 6) is 0.250. The number of anilines is 1. The molecule has 0 spiro atoms. The molecule has 2 fully saturated rings. The third-order valence-corrected chi connectivity index (χ3v) is 7.65. The number of amides is 1. The van der Waals surface area contributed by atoms with Gasteiger partial charge < -0.3 is 9.80 Å². The van der Waals surface area contributed by atoms with Crippen molar-refractivity contribution in [3.8, 4) is 0 Å². The maximum atomic E-state index is 13.8. The van der Waals surface area contributed by atoms with Gasteiger partial charge in [-0.2, -0.15) is 0 Å². The Morgan fingerprint density at radius 1 is 0.879 bits per heavy atom. The van der Waals surface area contributed by atoms with Gasteiger partial charge in [-0.15, -0.1) is 0 Å². The van der Waals surface area contributed by atoms with E-state index in [-0.39, 0.29) is 17.4 Å². The molecule has 0 N–H and O–H groups in total. The molecule has 2 aliphatic rings. The molecule has 0 bridgehead atoms. The van der Waals surface area contributed by atoms with Crippen LogP contribution in [0.5, 0.6) is 0 Å². The van der Waals surface area contributed by atoms with Gasteiger partial charge in [-0.05, 0) is 67.6 Å². The number of carbonyl (C=O) groups excluding carboxylic acids is 1. The van der Waals surface area contributed by atoms with Gasteiger partial charge in [0.05, 0.1) is 22.2 Å². The molecule has 1 aliphatic carbocycles. The summed E-state index contributed by atoms with van der Waals surface area (Å²) < 4.78 is 0. The van der Waals surface area contributed by atoms with Gasteiger partial charge in [-0.3, -0.25) is 4.79 Å². The van der Waals surface area contributed by atoms with E-state index in [0.717, 1.165) is 46.8 Å². The molecular formula is C28H28Cl2N2O. The lowest BCUT2D eigenvalue weighted by Gasteiger charge is -2.44. The summed E-state index contributed by atoms with van der Waals surface area (Å²) in [7, 11) is 0. The highest BCUT2D eigenvalue weighted by atomic mass is 35.5. The van der Waals surface area contributed by atoms with Crippen LogP contribution in [0.2, 0.25) is 10.0 Å². The fourth-order valence-corrected chi connectivity index (χ4v) is 5.47. The van der Waals surface area contributed by atoms with Crippen molar-refractivity contribution in [2.45, 2.75) is 38.1 Å². The monoisotopic (exact) mass is 478 g/mol. The van der Waals surface area contributed by atoms with Crippen LogP contribution in [0.3, 0.4) is 0 Å². The van der Waals surface area contributed by atoms with Crippen LogP contribution >= 0.6 is 23.2 Å². The topological polar surface area (TPSA) is 23.6 Å². The predicted molar refractivity (Wildman–Crippen MR) is 136 cm³/mol. The number of halogens is 2. The minimum Gasteiger partial charge on any atom is -0.360 e. The van der Waals surface area contributed by atoms with Gasteiger partial charge in [0.15, 0.2) is 0 Å². The van der Waals surface area contributed by atoms with Crippen LogP contribution in [0, 0.1) is 13.8 Å². The minimum absolute atomic E-state index is 0.00832. The number of benzene rings is 3. The third-order valence-electron chi connectivity index (χ3n) is 7.10. The van der Waals surface area contributed by atoms with Crippen LogP contribution in [0.15, 0.2) is 66.7 Å². The standard InChI is InChI=1S/C28H28Cl2N2O/c1-19-3-8-22(9-4-19)28(13-14-28)27(33)31-15-16-32(25-12-5-20(2)17-24(25)30)26(18-31)21-6-10-23(29)11-7-21/h3-12,17,26H,13-16,18H2,1-2H3. The van der Waals surface area contributed by atoms with Gasteiger partial charge in [0, 0.05) is 24.7 Å².